The average molecular weight is 1060 g/mol. The van der Waals surface area contributed by atoms with Crippen molar-refractivity contribution in [1.82, 2.24) is 5.32 Å². The zero-order valence-electron chi connectivity index (χ0n) is 51.1. The minimum absolute atomic E-state index is 0.0155. The lowest BCUT2D eigenvalue weighted by atomic mass is 10.0. The van der Waals surface area contributed by atoms with Gasteiger partial charge in [0.2, 0.25) is 5.91 Å². The topological polar surface area (TPSA) is 95.9 Å². The highest BCUT2D eigenvalue weighted by molar-refractivity contribution is 5.76. The molecule has 6 heteroatoms. The number of rotatable bonds is 65. The largest absolute Gasteiger partial charge is 0.466 e. The molecule has 0 aromatic carbocycles. The van der Waals surface area contributed by atoms with E-state index in [0.29, 0.717) is 19.4 Å². The summed E-state index contributed by atoms with van der Waals surface area (Å²) in [6.45, 7) is 4.95. The summed E-state index contributed by atoms with van der Waals surface area (Å²) < 4.78 is 5.51. The van der Waals surface area contributed by atoms with Crippen molar-refractivity contribution < 1.29 is 24.5 Å². The zero-order valence-corrected chi connectivity index (χ0v) is 51.1. The Morgan fingerprint density at radius 1 is 0.360 bits per heavy atom. The first-order valence-corrected chi connectivity index (χ1v) is 34.5. The van der Waals surface area contributed by atoms with Crippen LogP contribution in [0.1, 0.15) is 393 Å². The standard InChI is InChI=1S/C69H135NO5/c1-3-5-7-9-11-13-15-17-19-21-23-26-29-33-37-41-45-49-53-57-61-67(72)66(65-71)70-68(73)62-58-54-50-46-42-38-34-30-27-24-25-28-32-36-40-44-48-52-56-60-64-75-69(74)63-59-55-51-47-43-39-35-31-22-20-18-16-14-12-10-8-6-4-2/h57,61,66-67,71-72H,3-56,58-60,62-65H2,1-2H3,(H,70,73)/b61-57+. The Balaban J connectivity index is 3.39. The summed E-state index contributed by atoms with van der Waals surface area (Å²) in [6.07, 6.45) is 79.9. The van der Waals surface area contributed by atoms with Gasteiger partial charge in [-0.2, -0.15) is 0 Å². The third kappa shape index (κ3) is 61.7. The minimum atomic E-state index is -0.846. The monoisotopic (exact) mass is 1060 g/mol. The Morgan fingerprint density at radius 3 is 0.907 bits per heavy atom. The van der Waals surface area contributed by atoms with Gasteiger partial charge >= 0.3 is 5.97 Å². The van der Waals surface area contributed by atoms with Crippen molar-refractivity contribution in [3.8, 4) is 0 Å². The summed E-state index contributed by atoms with van der Waals surface area (Å²) in [6, 6.07) is -0.629. The van der Waals surface area contributed by atoms with Crippen LogP contribution in [0.5, 0.6) is 0 Å². The van der Waals surface area contributed by atoms with Gasteiger partial charge in [-0.1, -0.05) is 360 Å². The van der Waals surface area contributed by atoms with Crippen LogP contribution in [0.2, 0.25) is 0 Å². The second kappa shape index (κ2) is 65.1. The van der Waals surface area contributed by atoms with Gasteiger partial charge in [-0.15, -0.1) is 0 Å². The molecule has 0 fully saturated rings. The molecule has 0 aliphatic heterocycles. The number of nitrogens with one attached hydrogen (secondary N) is 1. The van der Waals surface area contributed by atoms with Gasteiger partial charge in [0.1, 0.15) is 0 Å². The van der Waals surface area contributed by atoms with Crippen molar-refractivity contribution in [2.75, 3.05) is 13.2 Å². The molecule has 446 valence electrons. The summed E-state index contributed by atoms with van der Waals surface area (Å²) in [5, 5.41) is 23.2. The predicted molar refractivity (Wildman–Crippen MR) is 329 cm³/mol. The summed E-state index contributed by atoms with van der Waals surface area (Å²) in [5.74, 6) is -0.0500. The zero-order chi connectivity index (χ0) is 54.3. The number of hydrogen-bond acceptors (Lipinski definition) is 5. The number of unbranched alkanes of at least 4 members (excludes halogenated alkanes) is 54. The molecule has 0 heterocycles. The third-order valence-electron chi connectivity index (χ3n) is 16.3. The molecule has 0 rings (SSSR count). The molecule has 0 aromatic heterocycles. The van der Waals surface area contributed by atoms with E-state index < -0.39 is 12.1 Å². The van der Waals surface area contributed by atoms with Crippen LogP contribution in [0.4, 0.5) is 0 Å². The van der Waals surface area contributed by atoms with Crippen molar-refractivity contribution in [1.29, 1.82) is 0 Å². The van der Waals surface area contributed by atoms with Crippen LogP contribution in [-0.4, -0.2) is 47.4 Å². The lowest BCUT2D eigenvalue weighted by Gasteiger charge is -2.20. The molecule has 3 N–H and O–H groups in total. The normalized spacial score (nSPS) is 12.5. The molecule has 0 saturated heterocycles. The van der Waals surface area contributed by atoms with Gasteiger partial charge in [0.05, 0.1) is 25.4 Å². The quantitative estimate of drug-likeness (QED) is 0.0320. The number of allylic oxidation sites excluding steroid dienone is 1. The van der Waals surface area contributed by atoms with Gasteiger partial charge in [-0.3, -0.25) is 9.59 Å². The maximum absolute atomic E-state index is 12.5. The number of hydrogen-bond donors (Lipinski definition) is 3. The fraction of sp³-hybridized carbons (Fsp3) is 0.942. The fourth-order valence-corrected chi connectivity index (χ4v) is 11.1. The van der Waals surface area contributed by atoms with Crippen molar-refractivity contribution in [2.45, 2.75) is 405 Å². The van der Waals surface area contributed by atoms with Crippen molar-refractivity contribution >= 4 is 11.9 Å². The van der Waals surface area contributed by atoms with Gasteiger partial charge in [-0.05, 0) is 32.1 Å². The Labute approximate surface area is 469 Å². The number of amides is 1. The van der Waals surface area contributed by atoms with Crippen molar-refractivity contribution in [3.05, 3.63) is 12.2 Å². The van der Waals surface area contributed by atoms with Crippen LogP contribution < -0.4 is 5.32 Å². The molecule has 0 radical (unpaired) electrons. The number of esters is 1. The molecule has 1 amide bonds. The lowest BCUT2D eigenvalue weighted by molar-refractivity contribution is -0.143. The Kier molecular flexibility index (Phi) is 63.9. The van der Waals surface area contributed by atoms with Crippen LogP contribution in [0, 0.1) is 0 Å². The Hall–Kier alpha value is -1.40. The molecule has 0 aliphatic rings. The van der Waals surface area contributed by atoms with Crippen LogP contribution in [0.25, 0.3) is 0 Å². The first kappa shape index (κ1) is 73.6. The molecule has 0 spiro atoms. The predicted octanol–water partition coefficient (Wildman–Crippen LogP) is 22.0. The van der Waals surface area contributed by atoms with E-state index in [9.17, 15) is 19.8 Å². The van der Waals surface area contributed by atoms with E-state index in [2.05, 4.69) is 19.2 Å². The molecule has 75 heavy (non-hydrogen) atoms. The third-order valence-corrected chi connectivity index (χ3v) is 16.3. The van der Waals surface area contributed by atoms with E-state index in [1.54, 1.807) is 6.08 Å². The lowest BCUT2D eigenvalue weighted by Crippen LogP contribution is -2.45. The van der Waals surface area contributed by atoms with E-state index >= 15 is 0 Å². The first-order valence-electron chi connectivity index (χ1n) is 34.5. The number of carbonyl (C=O) groups is 2. The van der Waals surface area contributed by atoms with Crippen LogP contribution in [0.15, 0.2) is 12.2 Å². The highest BCUT2D eigenvalue weighted by Crippen LogP contribution is 2.19. The van der Waals surface area contributed by atoms with Gasteiger partial charge in [0.15, 0.2) is 0 Å². The van der Waals surface area contributed by atoms with E-state index in [0.717, 1.165) is 38.5 Å². The van der Waals surface area contributed by atoms with E-state index in [1.807, 2.05) is 6.08 Å². The number of carbonyl (C=O) groups excluding carboxylic acids is 2. The Bertz CT molecular complexity index is 1130. The molecule has 2 atom stereocenters. The van der Waals surface area contributed by atoms with Gasteiger partial charge in [0.25, 0.3) is 0 Å². The highest BCUT2D eigenvalue weighted by atomic mass is 16.5. The Morgan fingerprint density at radius 2 is 0.613 bits per heavy atom. The average Bonchev–Trinajstić information content (AvgIpc) is 3.41. The second-order valence-electron chi connectivity index (χ2n) is 23.9. The molecular formula is C69H135NO5. The maximum Gasteiger partial charge on any atom is 0.305 e. The highest BCUT2D eigenvalue weighted by Gasteiger charge is 2.18. The van der Waals surface area contributed by atoms with Crippen molar-refractivity contribution in [2.24, 2.45) is 0 Å². The molecule has 6 nitrogen and oxygen atoms in total. The van der Waals surface area contributed by atoms with Crippen LogP contribution in [0.3, 0.4) is 0 Å². The summed E-state index contributed by atoms with van der Waals surface area (Å²) in [7, 11) is 0. The first-order chi connectivity index (χ1) is 37.0. The summed E-state index contributed by atoms with van der Waals surface area (Å²) in [4.78, 5) is 24.6. The van der Waals surface area contributed by atoms with E-state index in [-0.39, 0.29) is 18.5 Å². The number of aliphatic hydroxyl groups excluding tert-OH is 2. The molecule has 0 aliphatic carbocycles. The summed E-state index contributed by atoms with van der Waals surface area (Å²) in [5.41, 5.74) is 0. The van der Waals surface area contributed by atoms with Gasteiger partial charge in [0, 0.05) is 12.8 Å². The van der Waals surface area contributed by atoms with E-state index in [1.165, 1.54) is 327 Å². The number of ether oxygens (including phenoxy) is 1. The van der Waals surface area contributed by atoms with E-state index in [4.69, 9.17) is 4.74 Å². The SMILES string of the molecule is CCCCCCCCCCCCCCCCCCCC/C=C/C(O)C(CO)NC(=O)CCCCCCCCCCCCCCCCCCCCCCOC(=O)CCCCCCCCCCCCCCCCCCCC. The molecule has 0 saturated carbocycles. The van der Waals surface area contributed by atoms with Gasteiger partial charge in [-0.25, -0.2) is 0 Å². The van der Waals surface area contributed by atoms with Crippen LogP contribution in [-0.2, 0) is 14.3 Å². The van der Waals surface area contributed by atoms with Gasteiger partial charge < -0.3 is 20.3 Å². The van der Waals surface area contributed by atoms with Crippen molar-refractivity contribution in [3.63, 3.8) is 0 Å². The molecular weight excluding hydrogens is 923 g/mol. The smallest absolute Gasteiger partial charge is 0.305 e. The molecule has 0 aromatic rings. The molecule has 2 unspecified atom stereocenters. The maximum atomic E-state index is 12.5. The minimum Gasteiger partial charge on any atom is -0.466 e. The molecule has 0 bridgehead atoms. The number of aliphatic hydroxyl groups is 2. The van der Waals surface area contributed by atoms with Crippen LogP contribution >= 0.6 is 0 Å². The second-order valence-corrected chi connectivity index (χ2v) is 23.9. The summed E-state index contributed by atoms with van der Waals surface area (Å²) >= 11 is 0. The fourth-order valence-electron chi connectivity index (χ4n) is 11.1.